The molecule has 0 saturated carbocycles. The molecular formula is C6H12NaO2. The van der Waals surface area contributed by atoms with Crippen LogP contribution in [0.2, 0.25) is 0 Å². The third-order valence-electron chi connectivity index (χ3n) is 0.759. The Morgan fingerprint density at radius 1 is 1.44 bits per heavy atom. The first-order chi connectivity index (χ1) is 3.81. The molecule has 0 aliphatic carbocycles. The Kier molecular flexibility index (Phi) is 11.5. The van der Waals surface area contributed by atoms with Gasteiger partial charge in [0.25, 0.3) is 0 Å². The maximum absolute atomic E-state index is 10.4. The predicted molar refractivity (Wildman–Crippen MR) is 37.3 cm³/mol. The van der Waals surface area contributed by atoms with Gasteiger partial charge in [0.2, 0.25) is 0 Å². The minimum absolute atomic E-state index is 0. The maximum Gasteiger partial charge on any atom is 0.305 e. The van der Waals surface area contributed by atoms with E-state index in [9.17, 15) is 4.79 Å². The number of hydrogen-bond acceptors (Lipinski definition) is 2. The zero-order valence-corrected chi connectivity index (χ0v) is 8.44. The molecule has 0 fully saturated rings. The van der Waals surface area contributed by atoms with Crippen molar-refractivity contribution in [2.45, 2.75) is 26.7 Å². The summed E-state index contributed by atoms with van der Waals surface area (Å²) >= 11 is 0. The van der Waals surface area contributed by atoms with Crippen molar-refractivity contribution in [2.75, 3.05) is 6.61 Å². The number of carbonyl (C=O) groups is 1. The molecule has 0 rings (SSSR count). The number of esters is 1. The molecule has 0 unspecified atom stereocenters. The van der Waals surface area contributed by atoms with Crippen LogP contribution in [0.3, 0.4) is 0 Å². The van der Waals surface area contributed by atoms with Crippen LogP contribution in [0.15, 0.2) is 0 Å². The number of hydrogen-bond donors (Lipinski definition) is 0. The van der Waals surface area contributed by atoms with Gasteiger partial charge in [-0.15, -0.1) is 0 Å². The normalized spacial score (nSPS) is 7.78. The van der Waals surface area contributed by atoms with E-state index in [1.807, 2.05) is 13.8 Å². The predicted octanol–water partition coefficient (Wildman–Crippen LogP) is 0.969. The van der Waals surface area contributed by atoms with Crippen molar-refractivity contribution >= 4 is 35.5 Å². The third kappa shape index (κ3) is 8.47. The zero-order chi connectivity index (χ0) is 6.41. The number of carbonyl (C=O) groups excluding carboxylic acids is 1. The summed E-state index contributed by atoms with van der Waals surface area (Å²) in [4.78, 5) is 10.4. The van der Waals surface area contributed by atoms with E-state index in [1.54, 1.807) is 0 Å². The van der Waals surface area contributed by atoms with Crippen molar-refractivity contribution in [1.29, 1.82) is 0 Å². The molecule has 0 saturated heterocycles. The second kappa shape index (κ2) is 8.47. The van der Waals surface area contributed by atoms with Crippen LogP contribution in [-0.2, 0) is 9.53 Å². The van der Waals surface area contributed by atoms with Gasteiger partial charge < -0.3 is 4.74 Å². The van der Waals surface area contributed by atoms with Gasteiger partial charge in [0, 0.05) is 36.0 Å². The molecular weight excluding hydrogens is 127 g/mol. The molecule has 3 heteroatoms. The van der Waals surface area contributed by atoms with E-state index in [4.69, 9.17) is 0 Å². The van der Waals surface area contributed by atoms with E-state index in [0.29, 0.717) is 13.0 Å². The molecule has 0 atom stereocenters. The van der Waals surface area contributed by atoms with E-state index in [2.05, 4.69) is 4.74 Å². The van der Waals surface area contributed by atoms with Crippen LogP contribution in [0.4, 0.5) is 0 Å². The number of rotatable bonds is 3. The molecule has 0 bridgehead atoms. The molecule has 1 radical (unpaired) electrons. The Morgan fingerprint density at radius 3 is 2.33 bits per heavy atom. The van der Waals surface area contributed by atoms with Crippen LogP contribution in [0.25, 0.3) is 0 Å². The second-order valence-corrected chi connectivity index (χ2v) is 1.56. The fourth-order valence-electron chi connectivity index (χ4n) is 0.437. The van der Waals surface area contributed by atoms with Crippen molar-refractivity contribution in [3.63, 3.8) is 0 Å². The molecule has 2 nitrogen and oxygen atoms in total. The molecule has 0 aliphatic rings. The Balaban J connectivity index is 0. The summed E-state index contributed by atoms with van der Waals surface area (Å²) in [5.74, 6) is -0.0880. The molecule has 49 valence electrons. The molecule has 0 aromatic carbocycles. The van der Waals surface area contributed by atoms with Gasteiger partial charge in [0.1, 0.15) is 0 Å². The smallest absolute Gasteiger partial charge is 0.305 e. The van der Waals surface area contributed by atoms with Gasteiger partial charge in [-0.05, 0) is 13.3 Å². The first-order valence-electron chi connectivity index (χ1n) is 2.96. The quantitative estimate of drug-likeness (QED) is 0.430. The van der Waals surface area contributed by atoms with Gasteiger partial charge in [-0.25, -0.2) is 0 Å². The Bertz CT molecular complexity index is 65.5. The monoisotopic (exact) mass is 139 g/mol. The van der Waals surface area contributed by atoms with Crippen LogP contribution in [0, 0.1) is 0 Å². The van der Waals surface area contributed by atoms with Crippen molar-refractivity contribution in [2.24, 2.45) is 0 Å². The van der Waals surface area contributed by atoms with Crippen molar-refractivity contribution in [3.8, 4) is 0 Å². The largest absolute Gasteiger partial charge is 0.466 e. The summed E-state index contributed by atoms with van der Waals surface area (Å²) in [5, 5.41) is 0. The first kappa shape index (κ1) is 12.2. The summed E-state index contributed by atoms with van der Waals surface area (Å²) in [6.07, 6.45) is 1.42. The summed E-state index contributed by atoms with van der Waals surface area (Å²) < 4.78 is 4.64. The standard InChI is InChI=1S/C6H12O2.Na/c1-3-5-6(7)8-4-2;/h3-5H2,1-2H3;. The summed E-state index contributed by atoms with van der Waals surface area (Å²) in [5.41, 5.74) is 0. The van der Waals surface area contributed by atoms with Gasteiger partial charge in [-0.3, -0.25) is 4.79 Å². The molecule has 0 spiro atoms. The second-order valence-electron chi connectivity index (χ2n) is 1.56. The molecule has 0 N–H and O–H groups in total. The average molecular weight is 139 g/mol. The molecule has 9 heavy (non-hydrogen) atoms. The maximum atomic E-state index is 10.4. The Hall–Kier alpha value is 0.470. The van der Waals surface area contributed by atoms with Crippen LogP contribution in [0.1, 0.15) is 26.7 Å². The Labute approximate surface area is 78.3 Å². The zero-order valence-electron chi connectivity index (χ0n) is 6.44. The van der Waals surface area contributed by atoms with Gasteiger partial charge in [-0.1, -0.05) is 6.92 Å². The van der Waals surface area contributed by atoms with Gasteiger partial charge >= 0.3 is 5.97 Å². The minimum Gasteiger partial charge on any atom is -0.466 e. The summed E-state index contributed by atoms with van der Waals surface area (Å²) in [6, 6.07) is 0. The fourth-order valence-corrected chi connectivity index (χ4v) is 0.437. The van der Waals surface area contributed by atoms with E-state index in [1.165, 1.54) is 0 Å². The van der Waals surface area contributed by atoms with Gasteiger partial charge in [-0.2, -0.15) is 0 Å². The SMILES string of the molecule is CCCC(=O)OCC.[Na]. The molecule has 0 aliphatic heterocycles. The average Bonchev–Trinajstić information content (AvgIpc) is 1.68. The molecule has 0 aromatic rings. The molecule has 0 aromatic heterocycles. The van der Waals surface area contributed by atoms with E-state index in [-0.39, 0.29) is 35.5 Å². The van der Waals surface area contributed by atoms with E-state index in [0.717, 1.165) is 6.42 Å². The van der Waals surface area contributed by atoms with Crippen molar-refractivity contribution < 1.29 is 9.53 Å². The van der Waals surface area contributed by atoms with Gasteiger partial charge in [0.05, 0.1) is 6.61 Å². The topological polar surface area (TPSA) is 26.3 Å². The van der Waals surface area contributed by atoms with Gasteiger partial charge in [0.15, 0.2) is 0 Å². The fraction of sp³-hybridized carbons (Fsp3) is 0.833. The van der Waals surface area contributed by atoms with E-state index >= 15 is 0 Å². The molecule has 0 amide bonds. The third-order valence-corrected chi connectivity index (χ3v) is 0.759. The Morgan fingerprint density at radius 2 is 2.00 bits per heavy atom. The summed E-state index contributed by atoms with van der Waals surface area (Å²) in [7, 11) is 0. The number of ether oxygens (including phenoxy) is 1. The van der Waals surface area contributed by atoms with E-state index < -0.39 is 0 Å². The van der Waals surface area contributed by atoms with Crippen molar-refractivity contribution in [3.05, 3.63) is 0 Å². The minimum atomic E-state index is -0.0880. The summed E-state index contributed by atoms with van der Waals surface area (Å²) in [6.45, 7) is 4.27. The van der Waals surface area contributed by atoms with Crippen molar-refractivity contribution in [1.82, 2.24) is 0 Å². The van der Waals surface area contributed by atoms with Crippen LogP contribution >= 0.6 is 0 Å². The molecule has 0 heterocycles. The van der Waals surface area contributed by atoms with Crippen LogP contribution < -0.4 is 0 Å². The first-order valence-corrected chi connectivity index (χ1v) is 2.96. The van der Waals surface area contributed by atoms with Crippen LogP contribution in [-0.4, -0.2) is 42.1 Å². The van der Waals surface area contributed by atoms with Crippen LogP contribution in [0.5, 0.6) is 0 Å².